The summed E-state index contributed by atoms with van der Waals surface area (Å²) in [7, 11) is 9.90. The fraction of sp³-hybridized carbons (Fsp3) is 0.676. The van der Waals surface area contributed by atoms with Crippen LogP contribution in [0, 0.1) is 42.2 Å². The predicted molar refractivity (Wildman–Crippen MR) is 369 cm³/mol. The summed E-state index contributed by atoms with van der Waals surface area (Å²) >= 11 is 0. The van der Waals surface area contributed by atoms with Gasteiger partial charge in [-0.05, 0) is 126 Å². The van der Waals surface area contributed by atoms with E-state index < -0.39 is 192 Å². The van der Waals surface area contributed by atoms with E-state index in [0.717, 1.165) is 15.4 Å². The Kier molecular flexibility index (Phi) is 27.5. The summed E-state index contributed by atoms with van der Waals surface area (Å²) in [4.78, 5) is 191. The first-order valence-corrected chi connectivity index (χ1v) is 36.1. The lowest BCUT2D eigenvalue weighted by molar-refractivity contribution is -0.160. The van der Waals surface area contributed by atoms with Gasteiger partial charge in [-0.3, -0.25) is 57.5 Å². The van der Waals surface area contributed by atoms with Gasteiger partial charge >= 0.3 is 6.18 Å². The van der Waals surface area contributed by atoms with Crippen molar-refractivity contribution in [3.63, 3.8) is 0 Å². The second-order valence-electron chi connectivity index (χ2n) is 29.7. The second-order valence-corrected chi connectivity index (χ2v) is 29.7. The van der Waals surface area contributed by atoms with Gasteiger partial charge in [0.1, 0.15) is 71.1 Å². The number of amides is 11. The Morgan fingerprint density at radius 1 is 0.667 bits per heavy atom. The summed E-state index contributed by atoms with van der Waals surface area (Å²) in [6.45, 7) is 11.6. The molecule has 1 spiro atoms. The van der Waals surface area contributed by atoms with E-state index in [2.05, 4.69) is 10.6 Å². The van der Waals surface area contributed by atoms with Crippen LogP contribution in [0.3, 0.4) is 0 Å². The highest BCUT2D eigenvalue weighted by Gasteiger charge is 2.52. The minimum Gasteiger partial charge on any atom is -0.347 e. The molecule has 0 radical (unpaired) electrons. The smallest absolute Gasteiger partial charge is 0.347 e. The highest BCUT2D eigenvalue weighted by molar-refractivity contribution is 6.01. The monoisotopic (exact) mass is 1440 g/mol. The molecule has 2 N–H and O–H groups in total. The number of benzene rings is 2. The van der Waals surface area contributed by atoms with Gasteiger partial charge < -0.3 is 54.7 Å². The van der Waals surface area contributed by atoms with Crippen LogP contribution in [0.4, 0.5) is 22.0 Å². The summed E-state index contributed by atoms with van der Waals surface area (Å²) in [5.41, 5.74) is -2.48. The average Bonchev–Trinajstić information content (AvgIpc) is 1.31. The van der Waals surface area contributed by atoms with Crippen LogP contribution >= 0.6 is 0 Å². The summed E-state index contributed by atoms with van der Waals surface area (Å²) in [5, 5.41) is 5.92. The van der Waals surface area contributed by atoms with Crippen molar-refractivity contribution in [3.8, 4) is 0 Å². The zero-order chi connectivity index (χ0) is 75.7. The van der Waals surface area contributed by atoms with Crippen molar-refractivity contribution in [3.05, 3.63) is 70.3 Å². The third-order valence-corrected chi connectivity index (χ3v) is 21.9. The number of carbonyl (C=O) groups excluding carboxylic acids is 12. The van der Waals surface area contributed by atoms with Crippen LogP contribution in [0.15, 0.2) is 36.4 Å². The maximum atomic E-state index is 15.6. The quantitative estimate of drug-likeness (QED) is 0.221. The fourth-order valence-electron chi connectivity index (χ4n) is 15.4. The zero-order valence-corrected chi connectivity index (χ0v) is 61.8. The average molecular weight is 1440 g/mol. The summed E-state index contributed by atoms with van der Waals surface area (Å²) in [6.07, 6.45) is -2.91. The number of ketones is 1. The van der Waals surface area contributed by atoms with Crippen LogP contribution in [0.25, 0.3) is 0 Å². The summed E-state index contributed by atoms with van der Waals surface area (Å²) < 4.78 is 71.6. The van der Waals surface area contributed by atoms with Crippen molar-refractivity contribution in [1.82, 2.24) is 54.7 Å². The van der Waals surface area contributed by atoms with Gasteiger partial charge in [-0.25, -0.2) is 8.78 Å². The molecule has 0 bridgehead atoms. The van der Waals surface area contributed by atoms with Gasteiger partial charge in [0.05, 0.1) is 13.0 Å². The number of halogens is 5. The molecule has 3 aliphatic heterocycles. The number of hydrogen-bond donors (Lipinski definition) is 2. The third kappa shape index (κ3) is 18.5. The Labute approximate surface area is 596 Å². The molecule has 3 heterocycles. The minimum atomic E-state index is -5.38. The number of Topliss-reactive ketones (excluding diaryl/α,β-unsaturated/α-hetero) is 1. The number of likely N-dealkylation sites (N-methyl/N-ethyl adjacent to an activating group) is 7. The zero-order valence-electron chi connectivity index (χ0n) is 61.8. The van der Waals surface area contributed by atoms with Crippen LogP contribution in [0.5, 0.6) is 0 Å². The number of carbonyl (C=O) groups is 12. The lowest BCUT2D eigenvalue weighted by Gasteiger charge is -2.45. The van der Waals surface area contributed by atoms with E-state index in [9.17, 15) is 41.9 Å². The summed E-state index contributed by atoms with van der Waals surface area (Å²) in [5.74, 6) is -14.5. The summed E-state index contributed by atoms with van der Waals surface area (Å²) in [6, 6.07) is -1.84. The Morgan fingerprint density at radius 3 is 1.82 bits per heavy atom. The Hall–Kier alpha value is -8.07. The highest BCUT2D eigenvalue weighted by atomic mass is 19.4. The van der Waals surface area contributed by atoms with Crippen molar-refractivity contribution in [2.24, 2.45) is 23.7 Å². The number of hydrogen-bond acceptors (Lipinski definition) is 12. The Morgan fingerprint density at radius 2 is 1.27 bits per heavy atom. The van der Waals surface area contributed by atoms with Crippen LogP contribution in [0.1, 0.15) is 167 Å². The van der Waals surface area contributed by atoms with E-state index in [1.807, 2.05) is 39.8 Å². The number of rotatable bonds is 12. The molecule has 564 valence electrons. The molecular weight excluding hydrogens is 1330 g/mol. The van der Waals surface area contributed by atoms with Crippen molar-refractivity contribution in [1.29, 1.82) is 0 Å². The van der Waals surface area contributed by atoms with Gasteiger partial charge in [0, 0.05) is 87.7 Å². The van der Waals surface area contributed by atoms with Gasteiger partial charge in [-0.1, -0.05) is 89.6 Å². The molecule has 2 saturated carbocycles. The normalized spacial score (nSPS) is 26.4. The van der Waals surface area contributed by atoms with Crippen LogP contribution in [-0.4, -0.2) is 244 Å². The predicted octanol–water partition coefficient (Wildman–Crippen LogP) is 6.33. The van der Waals surface area contributed by atoms with Gasteiger partial charge in [0.2, 0.25) is 65.0 Å². The molecule has 10 atom stereocenters. The third-order valence-electron chi connectivity index (χ3n) is 21.9. The van der Waals surface area contributed by atoms with E-state index in [1.54, 1.807) is 26.0 Å². The SMILES string of the molecule is CC[C@H](C)[C@@H]1NC(=O)[C@H](CC(C)C)N(C)C(=O)C[C@@H](C(=O)N(C)C)N(C)C(=O)[C@H](C2CCCC2)N(C)C(=O)C2(CCCC2)NC(=O)[C@@H]2CCCN2C(=O)[C@H](CCc2cc(F)c(C(F)(F)F)c(F)c2)CC(=O)CN(C)C(=O)[C@H](Cc2ccc(C)cc2)N(CC)C(=O)[C@@H]2CCN2C(=O)[C@H](C)N(C)C1=O. The van der Waals surface area contributed by atoms with Crippen LogP contribution in [-0.2, 0) is 76.6 Å². The standard InChI is InChI=1S/C74H106F5N11O12/c1-15-45(6)61-70(100)84(11)46(7)65(95)90-35-31-55(90)69(99)88(16-2)58(39-47-27-25-44(5)26-28-47)68(98)83(10)42-51(91)40-50(30-29-48-37-52(75)60(53(76)38-48)74(77,78)79)66(96)89-34-21-24-54(89)64(94)81-73(32-19-20-33-73)72(102)87(14)62(49-22-17-18-23-49)71(101)86(13)57(67(97)82(8)9)41-59(92)85(12)56(36-43(3)4)63(93)80-61/h25-28,37-38,43,45-46,49-50,54-58,61-62H,15-24,29-36,39-42H2,1-14H3,(H,80,93)(H,81,94)/t45-,46-,50+,54-,55-,56-,57-,58-,61-,62-/m0/s1. The largest absolute Gasteiger partial charge is 0.422 e. The van der Waals surface area contributed by atoms with Crippen molar-refractivity contribution >= 4 is 70.8 Å². The molecule has 102 heavy (non-hydrogen) atoms. The van der Waals surface area contributed by atoms with E-state index >= 15 is 37.5 Å². The van der Waals surface area contributed by atoms with E-state index in [-0.39, 0.29) is 82.5 Å². The van der Waals surface area contributed by atoms with Crippen molar-refractivity contribution in [2.45, 2.75) is 224 Å². The number of fused-ring (bicyclic) bond motifs is 2. The van der Waals surface area contributed by atoms with E-state index in [4.69, 9.17) is 0 Å². The lowest BCUT2D eigenvalue weighted by Crippen LogP contribution is -2.65. The molecule has 28 heteroatoms. The van der Waals surface area contributed by atoms with E-state index in [0.29, 0.717) is 62.6 Å². The van der Waals surface area contributed by atoms with Crippen molar-refractivity contribution < 1.29 is 79.5 Å². The first-order chi connectivity index (χ1) is 47.9. The van der Waals surface area contributed by atoms with Gasteiger partial charge in [0.15, 0.2) is 5.78 Å². The number of aryl methyl sites for hydroxylation is 2. The highest BCUT2D eigenvalue weighted by Crippen LogP contribution is 2.39. The molecule has 3 saturated heterocycles. The molecule has 0 unspecified atom stereocenters. The van der Waals surface area contributed by atoms with Crippen molar-refractivity contribution in [2.75, 3.05) is 75.5 Å². The molecule has 2 aromatic carbocycles. The van der Waals surface area contributed by atoms with Gasteiger partial charge in [0.25, 0.3) is 0 Å². The number of nitrogens with one attached hydrogen (secondary N) is 2. The fourth-order valence-corrected chi connectivity index (χ4v) is 15.4. The van der Waals surface area contributed by atoms with E-state index in [1.165, 1.54) is 90.6 Å². The maximum absolute atomic E-state index is 15.6. The maximum Gasteiger partial charge on any atom is 0.422 e. The lowest BCUT2D eigenvalue weighted by atomic mass is 9.89. The number of nitrogens with zero attached hydrogens (tertiary/aromatic N) is 9. The topological polar surface area (TPSA) is 258 Å². The Bertz CT molecular complexity index is 3410. The first kappa shape index (κ1) is 81.2. The second kappa shape index (κ2) is 34.5. The molecule has 5 aliphatic rings. The molecule has 2 aliphatic carbocycles. The van der Waals surface area contributed by atoms with Crippen LogP contribution < -0.4 is 10.6 Å². The molecule has 5 fully saturated rings. The van der Waals surface area contributed by atoms with Crippen LogP contribution in [0.2, 0.25) is 0 Å². The molecule has 11 amide bonds. The molecule has 7 rings (SSSR count). The molecule has 2 aromatic rings. The molecule has 23 nitrogen and oxygen atoms in total. The molecule has 0 aromatic heterocycles. The Balaban J connectivity index is 1.31. The first-order valence-electron chi connectivity index (χ1n) is 36.1. The molecular formula is C74H106F5N11O12. The van der Waals surface area contributed by atoms with Gasteiger partial charge in [-0.15, -0.1) is 0 Å². The number of alkyl halides is 3. The van der Waals surface area contributed by atoms with Gasteiger partial charge in [-0.2, -0.15) is 13.2 Å². The minimum absolute atomic E-state index is 0.0380.